The van der Waals surface area contributed by atoms with Crippen LogP contribution in [0.1, 0.15) is 20.8 Å². The van der Waals surface area contributed by atoms with Gasteiger partial charge in [0.2, 0.25) is 0 Å². The van der Waals surface area contributed by atoms with E-state index >= 15 is 0 Å². The van der Waals surface area contributed by atoms with E-state index in [4.69, 9.17) is 0 Å². The van der Waals surface area contributed by atoms with Crippen LogP contribution in [-0.4, -0.2) is 16.8 Å². The van der Waals surface area contributed by atoms with Crippen LogP contribution in [0.25, 0.3) is 0 Å². The molecule has 0 fully saturated rings. The van der Waals surface area contributed by atoms with E-state index in [-0.39, 0.29) is 11.0 Å². The summed E-state index contributed by atoms with van der Waals surface area (Å²) in [6.45, 7) is 5.63. The largest absolute Gasteiger partial charge is 0.299 e. The van der Waals surface area contributed by atoms with Crippen molar-refractivity contribution in [2.45, 2.75) is 26.0 Å². The van der Waals surface area contributed by atoms with Gasteiger partial charge < -0.3 is 0 Å². The van der Waals surface area contributed by atoms with Gasteiger partial charge in [-0.25, -0.2) is 0 Å². The molecular formula is C6H12OS. The molecule has 0 aromatic heterocycles. The Labute approximate surface area is 54.8 Å². The zero-order valence-electron chi connectivity index (χ0n) is 5.60. The maximum atomic E-state index is 10.5. The molecule has 0 rings (SSSR count). The fraction of sp³-hybridized carbons (Fsp3) is 0.833. The quantitative estimate of drug-likeness (QED) is 0.581. The highest BCUT2D eigenvalue weighted by Gasteiger charge is 2.04. The second-order valence-electron chi connectivity index (χ2n) is 1.71. The van der Waals surface area contributed by atoms with Gasteiger partial charge in [0.25, 0.3) is 0 Å². The van der Waals surface area contributed by atoms with Gasteiger partial charge in [0.15, 0.2) is 0 Å². The molecular weight excluding hydrogens is 120 g/mol. The zero-order valence-corrected chi connectivity index (χ0v) is 6.42. The van der Waals surface area contributed by atoms with E-state index in [1.807, 2.05) is 6.92 Å². The second kappa shape index (κ2) is 3.96. The van der Waals surface area contributed by atoms with E-state index in [9.17, 15) is 4.79 Å². The van der Waals surface area contributed by atoms with Crippen LogP contribution in [0.3, 0.4) is 0 Å². The fourth-order valence-corrected chi connectivity index (χ4v) is 1.10. The van der Waals surface area contributed by atoms with Crippen LogP contribution in [0.2, 0.25) is 0 Å². The molecule has 0 radical (unpaired) electrons. The minimum Gasteiger partial charge on any atom is -0.299 e. The minimum atomic E-state index is 0.194. The molecule has 48 valence electrons. The van der Waals surface area contributed by atoms with E-state index in [0.717, 1.165) is 5.75 Å². The third-order valence-electron chi connectivity index (χ3n) is 0.989. The first-order valence-corrected chi connectivity index (χ1v) is 3.85. The van der Waals surface area contributed by atoms with Crippen molar-refractivity contribution in [3.63, 3.8) is 0 Å². The molecule has 0 amide bonds. The molecule has 0 bridgehead atoms. The van der Waals surface area contributed by atoms with Crippen LogP contribution >= 0.6 is 11.8 Å². The molecule has 0 saturated carbocycles. The number of thioether (sulfide) groups is 1. The van der Waals surface area contributed by atoms with Crippen molar-refractivity contribution >= 4 is 17.5 Å². The standard InChI is InChI=1S/C6H12OS/c1-4-8-6(3)5(2)7/h6H,4H2,1-3H3. The Hall–Kier alpha value is 0.0200. The highest BCUT2D eigenvalue weighted by Crippen LogP contribution is 2.08. The zero-order chi connectivity index (χ0) is 6.57. The Balaban J connectivity index is 3.32. The second-order valence-corrected chi connectivity index (χ2v) is 3.33. The maximum Gasteiger partial charge on any atom is 0.142 e. The number of rotatable bonds is 3. The number of carbonyl (C=O) groups excluding carboxylic acids is 1. The van der Waals surface area contributed by atoms with Crippen LogP contribution in [0.5, 0.6) is 0 Å². The highest BCUT2D eigenvalue weighted by atomic mass is 32.2. The lowest BCUT2D eigenvalue weighted by molar-refractivity contribution is -0.116. The van der Waals surface area contributed by atoms with E-state index in [1.165, 1.54) is 0 Å². The fourth-order valence-electron chi connectivity index (χ4n) is 0.367. The van der Waals surface area contributed by atoms with Crippen molar-refractivity contribution in [3.05, 3.63) is 0 Å². The summed E-state index contributed by atoms with van der Waals surface area (Å²) in [7, 11) is 0. The summed E-state index contributed by atoms with van der Waals surface area (Å²) in [6, 6.07) is 0. The van der Waals surface area contributed by atoms with E-state index < -0.39 is 0 Å². The van der Waals surface area contributed by atoms with Crippen molar-refractivity contribution in [2.75, 3.05) is 5.75 Å². The first-order valence-electron chi connectivity index (χ1n) is 2.80. The number of Topliss-reactive ketones (excluding diaryl/α,β-unsaturated/α-hetero) is 1. The van der Waals surface area contributed by atoms with Crippen LogP contribution < -0.4 is 0 Å². The molecule has 0 saturated heterocycles. The monoisotopic (exact) mass is 132 g/mol. The van der Waals surface area contributed by atoms with Crippen LogP contribution in [0, 0.1) is 0 Å². The van der Waals surface area contributed by atoms with Crippen LogP contribution in [-0.2, 0) is 4.79 Å². The molecule has 0 aromatic carbocycles. The summed E-state index contributed by atoms with van der Waals surface area (Å²) in [4.78, 5) is 10.5. The topological polar surface area (TPSA) is 17.1 Å². The summed E-state index contributed by atoms with van der Waals surface area (Å²) < 4.78 is 0. The van der Waals surface area contributed by atoms with Gasteiger partial charge >= 0.3 is 0 Å². The van der Waals surface area contributed by atoms with Gasteiger partial charge in [0.05, 0.1) is 5.25 Å². The van der Waals surface area contributed by atoms with Gasteiger partial charge in [0.1, 0.15) is 5.78 Å². The molecule has 8 heavy (non-hydrogen) atoms. The number of hydrogen-bond donors (Lipinski definition) is 0. The van der Waals surface area contributed by atoms with Crippen molar-refractivity contribution in [3.8, 4) is 0 Å². The lowest BCUT2D eigenvalue weighted by atomic mass is 10.3. The first kappa shape index (κ1) is 8.02. The SMILES string of the molecule is CCSC(C)C(C)=O. The predicted octanol–water partition coefficient (Wildman–Crippen LogP) is 1.72. The summed E-state index contributed by atoms with van der Waals surface area (Å²) in [5.74, 6) is 1.30. The summed E-state index contributed by atoms with van der Waals surface area (Å²) in [5.41, 5.74) is 0. The molecule has 0 aliphatic heterocycles. The first-order chi connectivity index (χ1) is 3.68. The molecule has 1 nitrogen and oxygen atoms in total. The Morgan fingerprint density at radius 3 is 2.38 bits per heavy atom. The summed E-state index contributed by atoms with van der Waals surface area (Å²) in [6.07, 6.45) is 0. The van der Waals surface area contributed by atoms with E-state index in [2.05, 4.69) is 6.92 Å². The average Bonchev–Trinajstić information content (AvgIpc) is 1.67. The number of ketones is 1. The van der Waals surface area contributed by atoms with Crippen molar-refractivity contribution in [2.24, 2.45) is 0 Å². The van der Waals surface area contributed by atoms with Gasteiger partial charge in [0, 0.05) is 0 Å². The van der Waals surface area contributed by atoms with Gasteiger partial charge in [-0.2, -0.15) is 11.8 Å². The number of carbonyl (C=O) groups is 1. The van der Waals surface area contributed by atoms with Crippen molar-refractivity contribution < 1.29 is 4.79 Å². The highest BCUT2D eigenvalue weighted by molar-refractivity contribution is 8.00. The van der Waals surface area contributed by atoms with E-state index in [1.54, 1.807) is 18.7 Å². The molecule has 0 N–H and O–H groups in total. The lowest BCUT2D eigenvalue weighted by Gasteiger charge is -2.01. The number of hydrogen-bond acceptors (Lipinski definition) is 2. The molecule has 0 aromatic rings. The Morgan fingerprint density at radius 2 is 2.25 bits per heavy atom. The predicted molar refractivity (Wildman–Crippen MR) is 38.3 cm³/mol. The van der Waals surface area contributed by atoms with Gasteiger partial charge in [-0.3, -0.25) is 4.79 Å². The van der Waals surface area contributed by atoms with Gasteiger partial charge in [-0.05, 0) is 19.6 Å². The van der Waals surface area contributed by atoms with Crippen LogP contribution in [0.15, 0.2) is 0 Å². The van der Waals surface area contributed by atoms with Gasteiger partial charge in [-0.1, -0.05) is 6.92 Å². The maximum absolute atomic E-state index is 10.5. The molecule has 1 unspecified atom stereocenters. The molecule has 2 heteroatoms. The van der Waals surface area contributed by atoms with Crippen molar-refractivity contribution in [1.29, 1.82) is 0 Å². The van der Waals surface area contributed by atoms with E-state index in [0.29, 0.717) is 0 Å². The molecule has 0 heterocycles. The molecule has 0 spiro atoms. The smallest absolute Gasteiger partial charge is 0.142 e. The summed E-state index contributed by atoms with van der Waals surface area (Å²) in [5, 5.41) is 0.194. The Bertz CT molecular complexity index is 80.6. The van der Waals surface area contributed by atoms with Crippen LogP contribution in [0.4, 0.5) is 0 Å². The average molecular weight is 132 g/mol. The third-order valence-corrected chi connectivity index (χ3v) is 2.15. The summed E-state index contributed by atoms with van der Waals surface area (Å²) >= 11 is 1.69. The minimum absolute atomic E-state index is 0.194. The van der Waals surface area contributed by atoms with Crippen molar-refractivity contribution in [1.82, 2.24) is 0 Å². The Kier molecular flexibility index (Phi) is 3.97. The molecule has 1 atom stereocenters. The van der Waals surface area contributed by atoms with Gasteiger partial charge in [-0.15, -0.1) is 0 Å². The molecule has 0 aliphatic carbocycles. The Morgan fingerprint density at radius 1 is 1.75 bits per heavy atom. The normalized spacial score (nSPS) is 13.4. The molecule has 0 aliphatic rings. The lowest BCUT2D eigenvalue weighted by Crippen LogP contribution is -2.07. The third kappa shape index (κ3) is 3.08.